The Balaban J connectivity index is 1.73. The molecule has 1 aromatic rings. The van der Waals surface area contributed by atoms with Crippen molar-refractivity contribution < 1.29 is 14.6 Å². The minimum atomic E-state index is -0.452. The largest absolute Gasteiger partial charge is 0.508 e. The molecule has 2 atom stereocenters. The molecule has 0 aliphatic carbocycles. The molecule has 4 heteroatoms. The van der Waals surface area contributed by atoms with E-state index in [2.05, 4.69) is 12.2 Å². The van der Waals surface area contributed by atoms with Gasteiger partial charge in [-0.1, -0.05) is 12.1 Å². The average molecular weight is 265 g/mol. The molecule has 0 amide bonds. The van der Waals surface area contributed by atoms with Crippen molar-refractivity contribution in [3.05, 3.63) is 29.8 Å². The maximum absolute atomic E-state index is 9.24. The van der Waals surface area contributed by atoms with E-state index in [4.69, 9.17) is 9.47 Å². The molecule has 2 N–H and O–H groups in total. The van der Waals surface area contributed by atoms with Gasteiger partial charge in [-0.2, -0.15) is 0 Å². The van der Waals surface area contributed by atoms with Crippen LogP contribution < -0.4 is 5.32 Å². The second-order valence-corrected chi connectivity index (χ2v) is 5.63. The lowest BCUT2D eigenvalue weighted by Crippen LogP contribution is -2.36. The molecule has 1 aromatic carbocycles. The van der Waals surface area contributed by atoms with Crippen LogP contribution in [0.15, 0.2) is 24.3 Å². The first-order valence-electron chi connectivity index (χ1n) is 6.78. The summed E-state index contributed by atoms with van der Waals surface area (Å²) < 4.78 is 11.3. The minimum absolute atomic E-state index is 0.122. The molecular weight excluding hydrogens is 242 g/mol. The molecule has 0 radical (unpaired) electrons. The van der Waals surface area contributed by atoms with Gasteiger partial charge in [0.25, 0.3) is 0 Å². The third kappa shape index (κ3) is 4.49. The molecule has 106 valence electrons. The monoisotopic (exact) mass is 265 g/mol. The number of phenols is 1. The van der Waals surface area contributed by atoms with Crippen LogP contribution in [0.3, 0.4) is 0 Å². The molecular formula is C15H23NO3. The highest BCUT2D eigenvalue weighted by atomic mass is 16.7. The van der Waals surface area contributed by atoms with E-state index in [0.717, 1.165) is 13.0 Å². The van der Waals surface area contributed by atoms with E-state index < -0.39 is 5.79 Å². The van der Waals surface area contributed by atoms with Gasteiger partial charge in [-0.25, -0.2) is 0 Å². The zero-order chi connectivity index (χ0) is 13.9. The van der Waals surface area contributed by atoms with Crippen LogP contribution in [-0.4, -0.2) is 36.2 Å². The number of ether oxygens (including phenoxy) is 2. The number of nitrogens with one attached hydrogen (secondary N) is 1. The highest BCUT2D eigenvalue weighted by Crippen LogP contribution is 2.21. The predicted octanol–water partition coefficient (Wildman–Crippen LogP) is 2.06. The van der Waals surface area contributed by atoms with Crippen molar-refractivity contribution in [2.24, 2.45) is 0 Å². The maximum Gasteiger partial charge on any atom is 0.163 e. The zero-order valence-electron chi connectivity index (χ0n) is 11.8. The topological polar surface area (TPSA) is 50.7 Å². The van der Waals surface area contributed by atoms with Gasteiger partial charge in [0.05, 0.1) is 12.7 Å². The van der Waals surface area contributed by atoms with Gasteiger partial charge in [-0.3, -0.25) is 0 Å². The van der Waals surface area contributed by atoms with Crippen LogP contribution in [0, 0.1) is 0 Å². The van der Waals surface area contributed by atoms with E-state index in [1.165, 1.54) is 5.56 Å². The summed E-state index contributed by atoms with van der Waals surface area (Å²) in [5.41, 5.74) is 1.21. The fourth-order valence-electron chi connectivity index (χ4n) is 2.25. The van der Waals surface area contributed by atoms with Crippen LogP contribution in [0.1, 0.15) is 26.3 Å². The molecule has 19 heavy (non-hydrogen) atoms. The minimum Gasteiger partial charge on any atom is -0.508 e. The number of rotatable bonds is 5. The summed E-state index contributed by atoms with van der Waals surface area (Å²) in [5.74, 6) is -0.143. The van der Waals surface area contributed by atoms with Gasteiger partial charge in [-0.15, -0.1) is 0 Å². The molecule has 0 aromatic heterocycles. The quantitative estimate of drug-likeness (QED) is 0.855. The Bertz CT molecular complexity index is 402. The van der Waals surface area contributed by atoms with Gasteiger partial charge in [0.2, 0.25) is 0 Å². The standard InChI is InChI=1S/C15H23NO3/c1-11(8-12-4-6-13(17)7-5-12)16-9-14-10-18-15(2,3)19-14/h4-7,11,14,16-17H,8-10H2,1-3H3. The fraction of sp³-hybridized carbons (Fsp3) is 0.600. The summed E-state index contributed by atoms with van der Waals surface area (Å²) in [6.07, 6.45) is 1.05. The van der Waals surface area contributed by atoms with Gasteiger partial charge in [0.15, 0.2) is 5.79 Å². The van der Waals surface area contributed by atoms with Gasteiger partial charge in [-0.05, 0) is 44.9 Å². The maximum atomic E-state index is 9.24. The van der Waals surface area contributed by atoms with Crippen molar-refractivity contribution in [2.45, 2.75) is 45.1 Å². The molecule has 1 aliphatic heterocycles. The van der Waals surface area contributed by atoms with E-state index in [0.29, 0.717) is 18.4 Å². The fourth-order valence-corrected chi connectivity index (χ4v) is 2.25. The molecule has 2 rings (SSSR count). The van der Waals surface area contributed by atoms with Crippen LogP contribution in [0.4, 0.5) is 0 Å². The molecule has 0 spiro atoms. The van der Waals surface area contributed by atoms with Crippen molar-refractivity contribution >= 4 is 0 Å². The van der Waals surface area contributed by atoms with Crippen LogP contribution in [0.2, 0.25) is 0 Å². The smallest absolute Gasteiger partial charge is 0.163 e. The second-order valence-electron chi connectivity index (χ2n) is 5.63. The first-order valence-corrected chi connectivity index (χ1v) is 6.78. The van der Waals surface area contributed by atoms with E-state index >= 15 is 0 Å². The summed E-state index contributed by atoms with van der Waals surface area (Å²) in [7, 11) is 0. The number of phenolic OH excluding ortho intramolecular Hbond substituents is 1. The highest BCUT2D eigenvalue weighted by molar-refractivity contribution is 5.26. The molecule has 4 nitrogen and oxygen atoms in total. The van der Waals surface area contributed by atoms with E-state index in [9.17, 15) is 5.11 Å². The number of benzene rings is 1. The van der Waals surface area contributed by atoms with Gasteiger partial charge >= 0.3 is 0 Å². The third-order valence-corrected chi connectivity index (χ3v) is 3.24. The molecule has 1 aliphatic rings. The Morgan fingerprint density at radius 2 is 2.05 bits per heavy atom. The number of hydrogen-bond donors (Lipinski definition) is 2. The van der Waals surface area contributed by atoms with Gasteiger partial charge in [0.1, 0.15) is 5.75 Å². The Morgan fingerprint density at radius 3 is 2.63 bits per heavy atom. The lowest BCUT2D eigenvalue weighted by atomic mass is 10.1. The van der Waals surface area contributed by atoms with Crippen molar-refractivity contribution in [3.63, 3.8) is 0 Å². The predicted molar refractivity (Wildman–Crippen MR) is 74.2 cm³/mol. The van der Waals surface area contributed by atoms with E-state index in [-0.39, 0.29) is 6.10 Å². The summed E-state index contributed by atoms with van der Waals surface area (Å²) in [4.78, 5) is 0. The lowest BCUT2D eigenvalue weighted by molar-refractivity contribution is -0.137. The Morgan fingerprint density at radius 1 is 1.37 bits per heavy atom. The van der Waals surface area contributed by atoms with Gasteiger partial charge in [0, 0.05) is 12.6 Å². The Hall–Kier alpha value is -1.10. The molecule has 1 saturated heterocycles. The molecule has 0 saturated carbocycles. The van der Waals surface area contributed by atoms with Gasteiger partial charge < -0.3 is 19.9 Å². The van der Waals surface area contributed by atoms with E-state index in [1.807, 2.05) is 26.0 Å². The molecule has 1 heterocycles. The highest BCUT2D eigenvalue weighted by Gasteiger charge is 2.32. The van der Waals surface area contributed by atoms with Crippen LogP contribution in [-0.2, 0) is 15.9 Å². The normalized spacial score (nSPS) is 23.4. The first kappa shape index (κ1) is 14.3. The molecule has 2 unspecified atom stereocenters. The van der Waals surface area contributed by atoms with Crippen LogP contribution >= 0.6 is 0 Å². The SMILES string of the molecule is CC(Cc1ccc(O)cc1)NCC1COC(C)(C)O1. The van der Waals surface area contributed by atoms with Crippen LogP contribution in [0.25, 0.3) is 0 Å². The molecule has 1 fully saturated rings. The molecule has 0 bridgehead atoms. The summed E-state index contributed by atoms with van der Waals surface area (Å²) in [5, 5.41) is 12.7. The van der Waals surface area contributed by atoms with Crippen LogP contribution in [0.5, 0.6) is 5.75 Å². The number of aromatic hydroxyl groups is 1. The summed E-state index contributed by atoms with van der Waals surface area (Å²) >= 11 is 0. The second kappa shape index (κ2) is 5.90. The van der Waals surface area contributed by atoms with E-state index in [1.54, 1.807) is 12.1 Å². The Kier molecular flexibility index (Phi) is 4.45. The first-order chi connectivity index (χ1) is 8.94. The number of hydrogen-bond acceptors (Lipinski definition) is 4. The van der Waals surface area contributed by atoms with Crippen molar-refractivity contribution in [1.29, 1.82) is 0 Å². The summed E-state index contributed by atoms with van der Waals surface area (Å²) in [6, 6.07) is 7.70. The van der Waals surface area contributed by atoms with Crippen molar-refractivity contribution in [3.8, 4) is 5.75 Å². The summed E-state index contributed by atoms with van der Waals surface area (Å²) in [6.45, 7) is 7.46. The Labute approximate surface area is 114 Å². The lowest BCUT2D eigenvalue weighted by Gasteiger charge is -2.19. The third-order valence-electron chi connectivity index (χ3n) is 3.24. The van der Waals surface area contributed by atoms with Crippen molar-refractivity contribution in [2.75, 3.05) is 13.2 Å². The van der Waals surface area contributed by atoms with Crippen molar-refractivity contribution in [1.82, 2.24) is 5.32 Å². The zero-order valence-corrected chi connectivity index (χ0v) is 11.8. The average Bonchev–Trinajstić information content (AvgIpc) is 2.69.